The Morgan fingerprint density at radius 1 is 1.03 bits per heavy atom. The number of halogens is 1. The van der Waals surface area contributed by atoms with E-state index in [4.69, 9.17) is 14.0 Å². The molecule has 0 N–H and O–H groups in total. The molecule has 1 aliphatic heterocycles. The number of rotatable bonds is 6. The third kappa shape index (κ3) is 4.71. The van der Waals surface area contributed by atoms with Gasteiger partial charge in [0.2, 0.25) is 0 Å². The Morgan fingerprint density at radius 2 is 1.56 bits per heavy atom. The molecule has 5 nitrogen and oxygen atoms in total. The molecule has 196 valence electrons. The van der Waals surface area contributed by atoms with Crippen LogP contribution in [0.2, 0.25) is 16.6 Å². The Balaban J connectivity index is 2.41. The highest BCUT2D eigenvalue weighted by Crippen LogP contribution is 2.41. The molecule has 36 heavy (non-hydrogen) atoms. The third-order valence-electron chi connectivity index (χ3n) is 8.29. The van der Waals surface area contributed by atoms with Crippen LogP contribution in [0.1, 0.15) is 74.8 Å². The fourth-order valence-electron chi connectivity index (χ4n) is 5.63. The van der Waals surface area contributed by atoms with Crippen LogP contribution in [-0.2, 0) is 20.8 Å². The average Bonchev–Trinajstić information content (AvgIpc) is 2.97. The molecular formula is C28H41BFNO4Si. The Kier molecular flexibility index (Phi) is 8.03. The van der Waals surface area contributed by atoms with Gasteiger partial charge in [-0.05, 0) is 61.9 Å². The zero-order valence-corrected chi connectivity index (χ0v) is 24.7. The molecule has 0 radical (unpaired) electrons. The quantitative estimate of drug-likeness (QED) is 0.372. The lowest BCUT2D eigenvalue weighted by molar-refractivity contribution is 0.00578. The van der Waals surface area contributed by atoms with Crippen LogP contribution in [0.15, 0.2) is 23.0 Å². The van der Waals surface area contributed by atoms with Crippen LogP contribution >= 0.6 is 0 Å². The van der Waals surface area contributed by atoms with Gasteiger partial charge < -0.3 is 14.0 Å². The number of hydrogen-bond acceptors (Lipinski definition) is 4. The molecule has 1 aromatic heterocycles. The molecule has 1 saturated heterocycles. The van der Waals surface area contributed by atoms with E-state index in [1.165, 1.54) is 23.8 Å². The number of ether oxygens (including phenoxy) is 1. The second-order valence-electron chi connectivity index (χ2n) is 11.8. The van der Waals surface area contributed by atoms with Gasteiger partial charge in [-0.2, -0.15) is 0 Å². The van der Waals surface area contributed by atoms with E-state index in [0.29, 0.717) is 33.0 Å². The van der Waals surface area contributed by atoms with E-state index in [9.17, 15) is 4.79 Å². The van der Waals surface area contributed by atoms with Gasteiger partial charge in [-0.25, -0.2) is 4.39 Å². The van der Waals surface area contributed by atoms with Gasteiger partial charge in [0.05, 0.1) is 22.3 Å². The maximum atomic E-state index is 15.6. The second kappa shape index (κ2) is 10.1. The van der Waals surface area contributed by atoms with Gasteiger partial charge in [-0.15, -0.1) is 5.54 Å². The van der Waals surface area contributed by atoms with E-state index in [1.807, 2.05) is 27.7 Å². The third-order valence-corrected chi connectivity index (χ3v) is 14.6. The number of fused-ring (bicyclic) bond motifs is 1. The number of pyridine rings is 1. The zero-order chi connectivity index (χ0) is 27.2. The summed E-state index contributed by atoms with van der Waals surface area (Å²) in [5, 5.41) is 0.539. The van der Waals surface area contributed by atoms with Crippen LogP contribution in [0, 0.1) is 17.3 Å². The fraction of sp³-hybridized carbons (Fsp3) is 0.607. The van der Waals surface area contributed by atoms with E-state index >= 15 is 4.39 Å². The predicted octanol–water partition coefficient (Wildman–Crippen LogP) is 5.61. The summed E-state index contributed by atoms with van der Waals surface area (Å²) in [5.74, 6) is 2.88. The summed E-state index contributed by atoms with van der Waals surface area (Å²) in [4.78, 5) is 13.2. The predicted molar refractivity (Wildman–Crippen MR) is 149 cm³/mol. The van der Waals surface area contributed by atoms with E-state index < -0.39 is 32.2 Å². The van der Waals surface area contributed by atoms with Crippen molar-refractivity contribution in [2.75, 3.05) is 7.11 Å². The number of hydrogen-bond donors (Lipinski definition) is 0. The lowest BCUT2D eigenvalue weighted by atomic mass is 9.76. The Bertz CT molecular complexity index is 1220. The van der Waals surface area contributed by atoms with Crippen LogP contribution in [0.3, 0.4) is 0 Å². The first-order valence-corrected chi connectivity index (χ1v) is 15.1. The van der Waals surface area contributed by atoms with Crippen LogP contribution in [-0.4, -0.2) is 38.1 Å². The SMILES string of the molecule is COCn1c(=O)cc(B2OC(C)(C)C(C)(C)O2)c2c(C#C[Si](C(C)C)(C(C)C)C(C)C)c(F)ccc21. The standard InChI is InChI=1S/C28H41BFNO4Si/c1-18(2)36(19(3)4,20(5)6)15-14-21-23(30)12-13-24-26(21)22(16-25(32)31(24)17-33-11)29-34-27(7,8)28(9,10)35-29/h12-13,16,18-20H,17H2,1-11H3. The number of methoxy groups -OCH3 is 1. The Morgan fingerprint density at radius 3 is 2.03 bits per heavy atom. The lowest BCUT2D eigenvalue weighted by Gasteiger charge is -2.38. The topological polar surface area (TPSA) is 49.7 Å². The number of benzene rings is 1. The molecule has 0 unspecified atom stereocenters. The maximum absolute atomic E-state index is 15.6. The van der Waals surface area contributed by atoms with Gasteiger partial charge in [0.1, 0.15) is 20.6 Å². The van der Waals surface area contributed by atoms with Gasteiger partial charge >= 0.3 is 7.12 Å². The van der Waals surface area contributed by atoms with Crippen molar-refractivity contribution in [3.63, 3.8) is 0 Å². The minimum absolute atomic E-state index is 0.0418. The first-order valence-electron chi connectivity index (χ1n) is 12.8. The minimum atomic E-state index is -2.14. The summed E-state index contributed by atoms with van der Waals surface area (Å²) in [6.07, 6.45) is 0. The molecule has 1 aliphatic rings. The van der Waals surface area contributed by atoms with E-state index in [1.54, 1.807) is 6.07 Å². The van der Waals surface area contributed by atoms with Crippen molar-refractivity contribution in [3.8, 4) is 11.5 Å². The highest BCUT2D eigenvalue weighted by atomic mass is 28.3. The van der Waals surface area contributed by atoms with Crippen LogP contribution in [0.5, 0.6) is 0 Å². The largest absolute Gasteiger partial charge is 0.495 e. The van der Waals surface area contributed by atoms with Crippen molar-refractivity contribution in [1.82, 2.24) is 4.57 Å². The highest BCUT2D eigenvalue weighted by Gasteiger charge is 2.52. The van der Waals surface area contributed by atoms with Crippen molar-refractivity contribution in [3.05, 3.63) is 39.9 Å². The van der Waals surface area contributed by atoms with Crippen LogP contribution in [0.25, 0.3) is 10.9 Å². The van der Waals surface area contributed by atoms with Gasteiger partial charge in [0.25, 0.3) is 5.56 Å². The molecule has 0 aliphatic carbocycles. The second-order valence-corrected chi connectivity index (χ2v) is 17.4. The summed E-state index contributed by atoms with van der Waals surface area (Å²) >= 11 is 0. The first kappa shape index (κ1) is 28.7. The molecule has 8 heteroatoms. The Labute approximate surface area is 216 Å². The molecule has 0 bridgehead atoms. The van der Waals surface area contributed by atoms with Crippen molar-refractivity contribution in [2.24, 2.45) is 0 Å². The van der Waals surface area contributed by atoms with Crippen molar-refractivity contribution < 1.29 is 18.4 Å². The van der Waals surface area contributed by atoms with Gasteiger partial charge in [0, 0.05) is 18.6 Å². The summed E-state index contributed by atoms with van der Waals surface area (Å²) < 4.78 is 35.0. The molecule has 0 amide bonds. The first-order chi connectivity index (χ1) is 16.6. The number of aromatic nitrogens is 1. The lowest BCUT2D eigenvalue weighted by Crippen LogP contribution is -2.43. The van der Waals surface area contributed by atoms with Crippen molar-refractivity contribution >= 4 is 31.6 Å². The zero-order valence-electron chi connectivity index (χ0n) is 23.7. The molecule has 2 aromatic rings. The van der Waals surface area contributed by atoms with Crippen molar-refractivity contribution in [2.45, 2.75) is 104 Å². The summed E-state index contributed by atoms with van der Waals surface area (Å²) in [6, 6.07) is 4.48. The molecule has 2 heterocycles. The molecule has 3 rings (SSSR count). The van der Waals surface area contributed by atoms with E-state index in [-0.39, 0.29) is 17.9 Å². The van der Waals surface area contributed by atoms with Crippen molar-refractivity contribution in [1.29, 1.82) is 0 Å². The van der Waals surface area contributed by atoms with Gasteiger partial charge in [-0.1, -0.05) is 47.5 Å². The smallest absolute Gasteiger partial charge is 0.399 e. The summed E-state index contributed by atoms with van der Waals surface area (Å²) in [5.41, 5.74) is 4.68. The maximum Gasteiger partial charge on any atom is 0.495 e. The molecule has 0 atom stereocenters. The Hall–Kier alpha value is -1.92. The average molecular weight is 514 g/mol. The monoisotopic (exact) mass is 513 g/mol. The van der Waals surface area contributed by atoms with Crippen LogP contribution in [0.4, 0.5) is 4.39 Å². The fourth-order valence-corrected chi connectivity index (χ4v) is 10.8. The molecular weight excluding hydrogens is 472 g/mol. The minimum Gasteiger partial charge on any atom is -0.399 e. The molecule has 1 fully saturated rings. The summed E-state index contributed by atoms with van der Waals surface area (Å²) in [6.45, 7) is 21.2. The van der Waals surface area contributed by atoms with Gasteiger partial charge in [-0.3, -0.25) is 9.36 Å². The molecule has 0 spiro atoms. The number of nitrogens with zero attached hydrogens (tertiary/aromatic N) is 1. The van der Waals surface area contributed by atoms with Gasteiger partial charge in [0.15, 0.2) is 0 Å². The highest BCUT2D eigenvalue weighted by molar-refractivity contribution is 6.90. The van der Waals surface area contributed by atoms with E-state index in [0.717, 1.165) is 0 Å². The summed E-state index contributed by atoms with van der Waals surface area (Å²) in [7, 11) is -1.44. The normalized spacial score (nSPS) is 17.4. The molecule has 1 aromatic carbocycles. The molecule has 0 saturated carbocycles. The van der Waals surface area contributed by atoms with E-state index in [2.05, 4.69) is 53.0 Å². The van der Waals surface area contributed by atoms with Crippen LogP contribution < -0.4 is 11.0 Å².